The van der Waals surface area contributed by atoms with Gasteiger partial charge in [0, 0.05) is 11.6 Å². The third-order valence-corrected chi connectivity index (χ3v) is 8.07. The predicted molar refractivity (Wildman–Crippen MR) is 142 cm³/mol. The highest BCUT2D eigenvalue weighted by atomic mass is 35.5. The summed E-state index contributed by atoms with van der Waals surface area (Å²) in [4.78, 5) is 19.3. The Morgan fingerprint density at radius 3 is 2.47 bits per heavy atom. The highest BCUT2D eigenvalue weighted by molar-refractivity contribution is 7.92. The van der Waals surface area contributed by atoms with E-state index in [0.29, 0.717) is 18.0 Å². The number of nitrogens with one attached hydrogen (secondary N) is 1. The Hall–Kier alpha value is -2.56. The monoisotopic (exact) mass is 568 g/mol. The first-order valence-corrected chi connectivity index (χ1v) is 13.5. The summed E-state index contributed by atoms with van der Waals surface area (Å²) >= 11 is 18.4. The van der Waals surface area contributed by atoms with Gasteiger partial charge in [-0.05, 0) is 63.0 Å². The molecule has 0 saturated heterocycles. The number of anilines is 2. The molecule has 1 N–H and O–H groups in total. The van der Waals surface area contributed by atoms with Crippen LogP contribution in [0.25, 0.3) is 0 Å². The summed E-state index contributed by atoms with van der Waals surface area (Å²) in [7, 11) is -0.183. The van der Waals surface area contributed by atoms with Crippen molar-refractivity contribution in [3.8, 4) is 5.75 Å². The number of sulfonamides is 1. The normalized spacial score (nSPS) is 15.4. The zero-order valence-electron chi connectivity index (χ0n) is 19.4. The van der Waals surface area contributed by atoms with E-state index in [0.717, 1.165) is 0 Å². The zero-order valence-corrected chi connectivity index (χ0v) is 22.5. The van der Waals surface area contributed by atoms with Crippen molar-refractivity contribution in [2.24, 2.45) is 0 Å². The van der Waals surface area contributed by atoms with E-state index in [1.165, 1.54) is 22.5 Å². The SMILES string of the molecule is CN(C)CCC1CN(S(=O)(=O)c2cccc(Cl)c2)c2nc(NC(=O)c3c(Cl)cccc3Cl)ccc2O1. The molecule has 0 fully saturated rings. The topological polar surface area (TPSA) is 91.8 Å². The molecular formula is C24H23Cl3N4O4S. The van der Waals surface area contributed by atoms with Crippen LogP contribution in [-0.4, -0.2) is 57.5 Å². The summed E-state index contributed by atoms with van der Waals surface area (Å²) < 4.78 is 34.6. The van der Waals surface area contributed by atoms with E-state index in [1.54, 1.807) is 36.4 Å². The molecule has 8 nitrogen and oxygen atoms in total. The minimum Gasteiger partial charge on any atom is -0.485 e. The van der Waals surface area contributed by atoms with Gasteiger partial charge in [-0.2, -0.15) is 0 Å². The zero-order chi connectivity index (χ0) is 26.0. The van der Waals surface area contributed by atoms with Crippen LogP contribution in [0.2, 0.25) is 15.1 Å². The molecule has 0 bridgehead atoms. The molecule has 0 saturated carbocycles. The van der Waals surface area contributed by atoms with Crippen molar-refractivity contribution in [2.45, 2.75) is 17.4 Å². The molecule has 1 unspecified atom stereocenters. The largest absolute Gasteiger partial charge is 0.485 e. The van der Waals surface area contributed by atoms with E-state index in [1.807, 2.05) is 19.0 Å². The molecular weight excluding hydrogens is 547 g/mol. The second-order valence-corrected chi connectivity index (χ2v) is 11.5. The van der Waals surface area contributed by atoms with Crippen LogP contribution in [0.15, 0.2) is 59.5 Å². The van der Waals surface area contributed by atoms with Crippen molar-refractivity contribution in [1.82, 2.24) is 9.88 Å². The van der Waals surface area contributed by atoms with E-state index in [-0.39, 0.29) is 44.4 Å². The van der Waals surface area contributed by atoms with Gasteiger partial charge < -0.3 is 15.0 Å². The maximum Gasteiger partial charge on any atom is 0.265 e. The molecule has 1 aliphatic rings. The van der Waals surface area contributed by atoms with Crippen LogP contribution in [0.5, 0.6) is 5.75 Å². The maximum absolute atomic E-state index is 13.7. The van der Waals surface area contributed by atoms with Gasteiger partial charge in [-0.15, -0.1) is 0 Å². The van der Waals surface area contributed by atoms with E-state index < -0.39 is 22.0 Å². The van der Waals surface area contributed by atoms with Crippen molar-refractivity contribution in [1.29, 1.82) is 0 Å². The molecule has 0 radical (unpaired) electrons. The Labute approximate surface area is 224 Å². The fourth-order valence-corrected chi connectivity index (χ4v) is 6.00. The lowest BCUT2D eigenvalue weighted by Gasteiger charge is -2.35. The molecule has 2 heterocycles. The van der Waals surface area contributed by atoms with Gasteiger partial charge in [-0.1, -0.05) is 46.9 Å². The van der Waals surface area contributed by atoms with Gasteiger partial charge in [0.05, 0.1) is 27.0 Å². The van der Waals surface area contributed by atoms with Crippen LogP contribution in [-0.2, 0) is 10.0 Å². The van der Waals surface area contributed by atoms with Gasteiger partial charge in [-0.25, -0.2) is 17.7 Å². The standard InChI is InChI=1S/C24H23Cl3N4O4S/c1-30(2)12-11-16-14-31(36(33,34)17-6-3-5-15(25)13-17)23-20(35-16)9-10-21(28-23)29-24(32)22-18(26)7-4-8-19(22)27/h3-10,13,16H,11-12,14H2,1-2H3,(H,28,29,32). The van der Waals surface area contributed by atoms with Gasteiger partial charge in [0.2, 0.25) is 0 Å². The average Bonchev–Trinajstić information content (AvgIpc) is 2.82. The molecule has 2 aromatic carbocycles. The first-order chi connectivity index (χ1) is 17.1. The summed E-state index contributed by atoms with van der Waals surface area (Å²) in [6.07, 6.45) is 0.190. The van der Waals surface area contributed by atoms with E-state index in [9.17, 15) is 13.2 Å². The molecule has 1 atom stereocenters. The maximum atomic E-state index is 13.7. The third kappa shape index (κ3) is 5.71. The number of aromatic nitrogens is 1. The number of carbonyl (C=O) groups excluding carboxylic acids is 1. The molecule has 3 aromatic rings. The summed E-state index contributed by atoms with van der Waals surface area (Å²) in [6, 6.07) is 13.8. The van der Waals surface area contributed by atoms with Gasteiger partial charge in [0.25, 0.3) is 15.9 Å². The first-order valence-electron chi connectivity index (χ1n) is 10.9. The third-order valence-electron chi connectivity index (χ3n) is 5.45. The molecule has 0 spiro atoms. The molecule has 1 aliphatic heterocycles. The Kier molecular flexibility index (Phi) is 7.96. The quantitative estimate of drug-likeness (QED) is 0.420. The summed E-state index contributed by atoms with van der Waals surface area (Å²) in [5, 5.41) is 3.28. The number of pyridine rings is 1. The summed E-state index contributed by atoms with van der Waals surface area (Å²) in [6.45, 7) is 0.738. The van der Waals surface area contributed by atoms with Crippen LogP contribution in [0, 0.1) is 0 Å². The molecule has 12 heteroatoms. The van der Waals surface area contributed by atoms with E-state index >= 15 is 0 Å². The average molecular weight is 570 g/mol. The van der Waals surface area contributed by atoms with Crippen LogP contribution in [0.3, 0.4) is 0 Å². The fourth-order valence-electron chi connectivity index (χ4n) is 3.68. The number of fused-ring (bicyclic) bond motifs is 1. The lowest BCUT2D eigenvalue weighted by Crippen LogP contribution is -2.45. The number of hydrogen-bond donors (Lipinski definition) is 1. The molecule has 36 heavy (non-hydrogen) atoms. The molecule has 1 aromatic heterocycles. The first kappa shape index (κ1) is 26.5. The molecule has 190 valence electrons. The summed E-state index contributed by atoms with van der Waals surface area (Å²) in [5.74, 6) is -0.136. The second-order valence-electron chi connectivity index (χ2n) is 8.39. The van der Waals surface area contributed by atoms with Crippen LogP contribution in [0.4, 0.5) is 11.6 Å². The summed E-state index contributed by atoms with van der Waals surface area (Å²) in [5.41, 5.74) is 0.0868. The minimum atomic E-state index is -4.04. The van der Waals surface area contributed by atoms with Gasteiger partial charge in [0.15, 0.2) is 11.6 Å². The highest BCUT2D eigenvalue weighted by Crippen LogP contribution is 2.37. The Morgan fingerprint density at radius 1 is 1.11 bits per heavy atom. The lowest BCUT2D eigenvalue weighted by molar-refractivity contribution is 0.102. The van der Waals surface area contributed by atoms with E-state index in [4.69, 9.17) is 39.5 Å². The Bertz CT molecular complexity index is 1380. The predicted octanol–water partition coefficient (Wildman–Crippen LogP) is 5.20. The Balaban J connectivity index is 1.71. The number of benzene rings is 2. The van der Waals surface area contributed by atoms with Crippen LogP contribution in [0.1, 0.15) is 16.8 Å². The smallest absolute Gasteiger partial charge is 0.265 e. The van der Waals surface area contributed by atoms with Gasteiger partial charge in [0.1, 0.15) is 11.9 Å². The number of amides is 1. The van der Waals surface area contributed by atoms with Crippen molar-refractivity contribution in [2.75, 3.05) is 36.8 Å². The van der Waals surface area contributed by atoms with Crippen molar-refractivity contribution in [3.05, 3.63) is 75.2 Å². The van der Waals surface area contributed by atoms with Crippen molar-refractivity contribution < 1.29 is 17.9 Å². The van der Waals surface area contributed by atoms with Crippen molar-refractivity contribution in [3.63, 3.8) is 0 Å². The fraction of sp³-hybridized carbons (Fsp3) is 0.250. The van der Waals surface area contributed by atoms with Crippen LogP contribution >= 0.6 is 34.8 Å². The number of halogens is 3. The number of hydrogen-bond acceptors (Lipinski definition) is 6. The lowest BCUT2D eigenvalue weighted by atomic mass is 10.2. The van der Waals surface area contributed by atoms with Crippen molar-refractivity contribution >= 4 is 62.4 Å². The molecule has 4 rings (SSSR count). The van der Waals surface area contributed by atoms with E-state index in [2.05, 4.69) is 10.3 Å². The number of rotatable bonds is 7. The van der Waals surface area contributed by atoms with Gasteiger partial charge in [-0.3, -0.25) is 4.79 Å². The number of ether oxygens (including phenoxy) is 1. The van der Waals surface area contributed by atoms with Gasteiger partial charge >= 0.3 is 0 Å². The minimum absolute atomic E-state index is 0.0216. The highest BCUT2D eigenvalue weighted by Gasteiger charge is 2.36. The van der Waals surface area contributed by atoms with Crippen LogP contribution < -0.4 is 14.4 Å². The number of carbonyl (C=O) groups is 1. The molecule has 0 aliphatic carbocycles. The Morgan fingerprint density at radius 2 is 1.81 bits per heavy atom. The molecule has 1 amide bonds. The number of nitrogens with zero attached hydrogens (tertiary/aromatic N) is 3. The second kappa shape index (κ2) is 10.8.